The first-order chi connectivity index (χ1) is 11.1. The average Bonchev–Trinajstić information content (AvgIpc) is 2.60. The van der Waals surface area contributed by atoms with Gasteiger partial charge in [-0.25, -0.2) is 0 Å². The molecule has 0 heterocycles. The molecule has 0 spiro atoms. The van der Waals surface area contributed by atoms with Gasteiger partial charge in [-0.15, -0.1) is 11.8 Å². The van der Waals surface area contributed by atoms with Gasteiger partial charge in [0.05, 0.1) is 19.5 Å². The number of methoxy groups -OCH3 is 2. The summed E-state index contributed by atoms with van der Waals surface area (Å²) in [6.45, 7) is 2.43. The third-order valence-electron chi connectivity index (χ3n) is 3.35. The smallest absolute Gasteiger partial charge is 0.233 e. The first kappa shape index (κ1) is 17.2. The molecule has 0 saturated heterocycles. The molecular formula is C18H21NO3S. The minimum atomic E-state index is -0.197. The molecule has 1 amide bonds. The molecule has 122 valence electrons. The molecule has 2 aromatic carbocycles. The molecule has 0 aliphatic rings. The molecule has 2 rings (SSSR count). The van der Waals surface area contributed by atoms with Crippen LogP contribution in [0.25, 0.3) is 0 Å². The van der Waals surface area contributed by atoms with E-state index in [1.54, 1.807) is 14.2 Å². The number of rotatable bonds is 7. The minimum absolute atomic E-state index is 0.00800. The van der Waals surface area contributed by atoms with Gasteiger partial charge >= 0.3 is 0 Å². The molecule has 0 saturated carbocycles. The number of ether oxygens (including phenoxy) is 2. The van der Waals surface area contributed by atoms with E-state index in [2.05, 4.69) is 5.32 Å². The van der Waals surface area contributed by atoms with Crippen LogP contribution < -0.4 is 14.8 Å². The second-order valence-corrected chi connectivity index (χ2v) is 6.39. The SMILES string of the molecule is COc1ccc(S[C@@H](C)C(=O)NCc2ccccc2)cc1OC. The van der Waals surface area contributed by atoms with Gasteiger partial charge in [0.25, 0.3) is 0 Å². The number of thioether (sulfide) groups is 1. The molecule has 0 aliphatic carbocycles. The summed E-state index contributed by atoms with van der Waals surface area (Å²) in [5.74, 6) is 1.35. The average molecular weight is 331 g/mol. The van der Waals surface area contributed by atoms with Gasteiger partial charge in [-0.1, -0.05) is 30.3 Å². The third-order valence-corrected chi connectivity index (χ3v) is 4.44. The zero-order valence-corrected chi connectivity index (χ0v) is 14.4. The second kappa shape index (κ2) is 8.48. The van der Waals surface area contributed by atoms with E-state index in [0.29, 0.717) is 18.0 Å². The van der Waals surface area contributed by atoms with Crippen molar-refractivity contribution in [2.45, 2.75) is 23.6 Å². The second-order valence-electron chi connectivity index (χ2n) is 4.98. The third kappa shape index (κ3) is 4.93. The first-order valence-corrected chi connectivity index (χ1v) is 8.22. The lowest BCUT2D eigenvalue weighted by atomic mass is 10.2. The van der Waals surface area contributed by atoms with Gasteiger partial charge in [-0.3, -0.25) is 4.79 Å². The maximum Gasteiger partial charge on any atom is 0.233 e. The highest BCUT2D eigenvalue weighted by atomic mass is 32.2. The summed E-state index contributed by atoms with van der Waals surface area (Å²) in [5.41, 5.74) is 1.09. The molecule has 23 heavy (non-hydrogen) atoms. The number of carbonyl (C=O) groups is 1. The number of carbonyl (C=O) groups excluding carboxylic acids is 1. The fourth-order valence-corrected chi connectivity index (χ4v) is 3.00. The van der Waals surface area contributed by atoms with Crippen LogP contribution in [0.5, 0.6) is 11.5 Å². The summed E-state index contributed by atoms with van der Waals surface area (Å²) >= 11 is 1.49. The molecular weight excluding hydrogens is 310 g/mol. The fourth-order valence-electron chi connectivity index (χ4n) is 2.08. The van der Waals surface area contributed by atoms with E-state index in [0.717, 1.165) is 10.5 Å². The Hall–Kier alpha value is -2.14. The Labute approximate surface area is 141 Å². The fraction of sp³-hybridized carbons (Fsp3) is 0.278. The summed E-state index contributed by atoms with van der Waals surface area (Å²) in [4.78, 5) is 13.2. The normalized spacial score (nSPS) is 11.6. The zero-order valence-electron chi connectivity index (χ0n) is 13.5. The predicted molar refractivity (Wildman–Crippen MR) is 93.2 cm³/mol. The van der Waals surface area contributed by atoms with E-state index in [1.807, 2.05) is 55.5 Å². The van der Waals surface area contributed by atoms with Crippen LogP contribution >= 0.6 is 11.8 Å². The topological polar surface area (TPSA) is 47.6 Å². The Morgan fingerprint density at radius 3 is 2.43 bits per heavy atom. The Balaban J connectivity index is 1.93. The van der Waals surface area contributed by atoms with Crippen molar-refractivity contribution in [3.05, 3.63) is 54.1 Å². The first-order valence-electron chi connectivity index (χ1n) is 7.34. The van der Waals surface area contributed by atoms with Gasteiger partial charge in [-0.05, 0) is 30.7 Å². The van der Waals surface area contributed by atoms with Crippen LogP contribution in [0, 0.1) is 0 Å². The van der Waals surface area contributed by atoms with Gasteiger partial charge < -0.3 is 14.8 Å². The standard InChI is InChI=1S/C18H21NO3S/c1-13(18(20)19-12-14-7-5-4-6-8-14)23-15-9-10-16(21-2)17(11-15)22-3/h4-11,13H,12H2,1-3H3,(H,19,20)/t13-/m0/s1. The number of benzene rings is 2. The molecule has 0 radical (unpaired) electrons. The zero-order chi connectivity index (χ0) is 16.7. The maximum atomic E-state index is 12.2. The molecule has 2 aromatic rings. The van der Waals surface area contributed by atoms with E-state index in [-0.39, 0.29) is 11.2 Å². The van der Waals surface area contributed by atoms with Crippen LogP contribution in [-0.2, 0) is 11.3 Å². The van der Waals surface area contributed by atoms with Crippen LogP contribution in [0.4, 0.5) is 0 Å². The minimum Gasteiger partial charge on any atom is -0.493 e. The van der Waals surface area contributed by atoms with Gasteiger partial charge in [0, 0.05) is 11.4 Å². The van der Waals surface area contributed by atoms with Crippen molar-refractivity contribution in [1.82, 2.24) is 5.32 Å². The summed E-state index contributed by atoms with van der Waals surface area (Å²) in [5, 5.41) is 2.76. The molecule has 0 aromatic heterocycles. The van der Waals surface area contributed by atoms with Crippen molar-refractivity contribution in [3.63, 3.8) is 0 Å². The summed E-state index contributed by atoms with van der Waals surface area (Å²) < 4.78 is 10.5. The van der Waals surface area contributed by atoms with Crippen LogP contribution in [0.3, 0.4) is 0 Å². The lowest BCUT2D eigenvalue weighted by Gasteiger charge is -2.14. The van der Waals surface area contributed by atoms with Gasteiger partial charge in [0.2, 0.25) is 5.91 Å². The number of hydrogen-bond donors (Lipinski definition) is 1. The Bertz CT molecular complexity index is 646. The van der Waals surface area contributed by atoms with E-state index < -0.39 is 0 Å². The van der Waals surface area contributed by atoms with Crippen LogP contribution in [0.2, 0.25) is 0 Å². The maximum absolute atomic E-state index is 12.2. The van der Waals surface area contributed by atoms with Crippen LogP contribution in [-0.4, -0.2) is 25.4 Å². The van der Waals surface area contributed by atoms with E-state index >= 15 is 0 Å². The number of amides is 1. The lowest BCUT2D eigenvalue weighted by molar-refractivity contribution is -0.120. The van der Waals surface area contributed by atoms with Crippen molar-refractivity contribution in [3.8, 4) is 11.5 Å². The van der Waals surface area contributed by atoms with Gasteiger partial charge in [0.1, 0.15) is 0 Å². The molecule has 1 atom stereocenters. The largest absolute Gasteiger partial charge is 0.493 e. The summed E-state index contributed by atoms with van der Waals surface area (Å²) in [6, 6.07) is 15.5. The van der Waals surface area contributed by atoms with Crippen molar-refractivity contribution >= 4 is 17.7 Å². The number of nitrogens with one attached hydrogen (secondary N) is 1. The van der Waals surface area contributed by atoms with Crippen LogP contribution in [0.15, 0.2) is 53.4 Å². The predicted octanol–water partition coefficient (Wildman–Crippen LogP) is 3.50. The molecule has 0 bridgehead atoms. The van der Waals surface area contributed by atoms with Crippen molar-refractivity contribution in [2.24, 2.45) is 0 Å². The summed E-state index contributed by atoms with van der Waals surface area (Å²) in [7, 11) is 3.20. The summed E-state index contributed by atoms with van der Waals surface area (Å²) in [6.07, 6.45) is 0. The monoisotopic (exact) mass is 331 g/mol. The highest BCUT2D eigenvalue weighted by molar-refractivity contribution is 8.00. The number of hydrogen-bond acceptors (Lipinski definition) is 4. The highest BCUT2D eigenvalue weighted by Gasteiger charge is 2.15. The molecule has 0 fully saturated rings. The van der Waals surface area contributed by atoms with E-state index in [4.69, 9.17) is 9.47 Å². The highest BCUT2D eigenvalue weighted by Crippen LogP contribution is 2.33. The molecule has 5 heteroatoms. The molecule has 1 N–H and O–H groups in total. The lowest BCUT2D eigenvalue weighted by Crippen LogP contribution is -2.30. The quantitative estimate of drug-likeness (QED) is 0.789. The van der Waals surface area contributed by atoms with Gasteiger partial charge in [0.15, 0.2) is 11.5 Å². The van der Waals surface area contributed by atoms with Crippen molar-refractivity contribution < 1.29 is 14.3 Å². The molecule has 0 aliphatic heterocycles. The molecule has 0 unspecified atom stereocenters. The van der Waals surface area contributed by atoms with Crippen molar-refractivity contribution in [2.75, 3.05) is 14.2 Å². The Morgan fingerprint density at radius 1 is 1.09 bits per heavy atom. The van der Waals surface area contributed by atoms with Gasteiger partial charge in [-0.2, -0.15) is 0 Å². The Morgan fingerprint density at radius 2 is 1.78 bits per heavy atom. The van der Waals surface area contributed by atoms with Crippen LogP contribution in [0.1, 0.15) is 12.5 Å². The Kier molecular flexibility index (Phi) is 6.35. The van der Waals surface area contributed by atoms with E-state index in [1.165, 1.54) is 11.8 Å². The van der Waals surface area contributed by atoms with Crippen molar-refractivity contribution in [1.29, 1.82) is 0 Å². The van der Waals surface area contributed by atoms with E-state index in [9.17, 15) is 4.79 Å². The molecule has 4 nitrogen and oxygen atoms in total.